The van der Waals surface area contributed by atoms with Gasteiger partial charge < -0.3 is 20.2 Å². The van der Waals surface area contributed by atoms with E-state index in [2.05, 4.69) is 15.3 Å². The fourth-order valence-corrected chi connectivity index (χ4v) is 2.95. The number of fused-ring (bicyclic) bond motifs is 1. The predicted molar refractivity (Wildman–Crippen MR) is 104 cm³/mol. The molecule has 0 aliphatic heterocycles. The largest absolute Gasteiger partial charge is 0.494 e. The summed E-state index contributed by atoms with van der Waals surface area (Å²) in [5, 5.41) is 3.05. The Morgan fingerprint density at radius 3 is 2.43 bits per heavy atom. The number of aromatic nitrogens is 2. The first-order chi connectivity index (χ1) is 14.0. The van der Waals surface area contributed by atoms with Crippen molar-refractivity contribution in [2.75, 3.05) is 7.11 Å². The van der Waals surface area contributed by atoms with Crippen LogP contribution in [0.4, 0.5) is 13.2 Å². The Bertz CT molecular complexity index is 1090. The maximum absolute atomic E-state index is 13.1. The quantitative estimate of drug-likeness (QED) is 0.642. The van der Waals surface area contributed by atoms with Gasteiger partial charge in [-0.05, 0) is 45.0 Å². The lowest BCUT2D eigenvalue weighted by molar-refractivity contribution is -0.140. The molecule has 2 heterocycles. The zero-order valence-electron chi connectivity index (χ0n) is 16.8. The first-order valence-electron chi connectivity index (χ1n) is 9.15. The van der Waals surface area contributed by atoms with E-state index in [4.69, 9.17) is 14.9 Å². The summed E-state index contributed by atoms with van der Waals surface area (Å²) in [6.07, 6.45) is -4.61. The maximum Gasteiger partial charge on any atom is 0.433 e. The molecule has 0 saturated carbocycles. The maximum atomic E-state index is 13.1. The molecule has 1 amide bonds. The summed E-state index contributed by atoms with van der Waals surface area (Å²) in [5.74, 6) is -0.0726. The van der Waals surface area contributed by atoms with Crippen molar-refractivity contribution in [3.05, 3.63) is 41.4 Å². The molecule has 0 radical (unpaired) electrons. The molecule has 30 heavy (non-hydrogen) atoms. The van der Waals surface area contributed by atoms with Gasteiger partial charge in [0.2, 0.25) is 5.89 Å². The zero-order chi connectivity index (χ0) is 22.2. The van der Waals surface area contributed by atoms with Crippen LogP contribution in [-0.2, 0) is 6.18 Å². The van der Waals surface area contributed by atoms with Crippen molar-refractivity contribution in [3.63, 3.8) is 0 Å². The molecular weight excluding hydrogens is 401 g/mol. The highest BCUT2D eigenvalue weighted by atomic mass is 19.4. The Kier molecular flexibility index (Phi) is 5.71. The molecule has 0 saturated heterocycles. The third-order valence-electron chi connectivity index (χ3n) is 4.26. The fourth-order valence-electron chi connectivity index (χ4n) is 2.95. The van der Waals surface area contributed by atoms with Gasteiger partial charge in [-0.3, -0.25) is 4.79 Å². The Morgan fingerprint density at radius 1 is 1.17 bits per heavy atom. The minimum Gasteiger partial charge on any atom is -0.494 e. The second-order valence-electron chi connectivity index (χ2n) is 7.05. The third kappa shape index (κ3) is 4.09. The second-order valence-corrected chi connectivity index (χ2v) is 7.05. The normalized spacial score (nSPS) is 13.0. The van der Waals surface area contributed by atoms with E-state index in [1.54, 1.807) is 26.8 Å². The number of carbonyl (C=O) groups excluding carboxylic acids is 1. The summed E-state index contributed by atoms with van der Waals surface area (Å²) in [4.78, 5) is 20.5. The number of halogens is 3. The van der Waals surface area contributed by atoms with Crippen molar-refractivity contribution in [1.82, 2.24) is 15.3 Å². The van der Waals surface area contributed by atoms with Crippen LogP contribution >= 0.6 is 0 Å². The molecule has 1 atom stereocenters. The fraction of sp³-hybridized carbons (Fsp3) is 0.350. The molecule has 3 N–H and O–H groups in total. The molecule has 1 aromatic carbocycles. The van der Waals surface area contributed by atoms with Crippen LogP contribution in [0.5, 0.6) is 5.75 Å². The van der Waals surface area contributed by atoms with Gasteiger partial charge in [0.1, 0.15) is 17.0 Å². The number of oxazole rings is 1. The molecule has 7 nitrogen and oxygen atoms in total. The number of ether oxygens (including phenoxy) is 1. The molecule has 2 aromatic heterocycles. The van der Waals surface area contributed by atoms with Crippen molar-refractivity contribution in [1.29, 1.82) is 0 Å². The van der Waals surface area contributed by atoms with E-state index in [0.717, 1.165) is 6.07 Å². The number of benzene rings is 1. The van der Waals surface area contributed by atoms with Gasteiger partial charge in [0.05, 0.1) is 13.2 Å². The van der Waals surface area contributed by atoms with Crippen LogP contribution in [0, 0.1) is 0 Å². The SMILES string of the molecule is COc1ccc(-c2nc(C(=O)NC(C)C)c([C@H](C)N)o2)c2ccc(C(F)(F)F)nc12. The molecule has 0 spiro atoms. The number of nitrogens with one attached hydrogen (secondary N) is 1. The second kappa shape index (κ2) is 7.94. The topological polar surface area (TPSA) is 103 Å². The molecule has 0 unspecified atom stereocenters. The van der Waals surface area contributed by atoms with Gasteiger partial charge in [-0.15, -0.1) is 0 Å². The van der Waals surface area contributed by atoms with E-state index >= 15 is 0 Å². The summed E-state index contributed by atoms with van der Waals surface area (Å²) < 4.78 is 50.3. The van der Waals surface area contributed by atoms with Crippen LogP contribution in [0.15, 0.2) is 28.7 Å². The number of hydrogen-bond acceptors (Lipinski definition) is 6. The van der Waals surface area contributed by atoms with Gasteiger partial charge in [0.15, 0.2) is 11.5 Å². The van der Waals surface area contributed by atoms with Crippen LogP contribution in [0.1, 0.15) is 48.8 Å². The van der Waals surface area contributed by atoms with E-state index in [1.165, 1.54) is 19.2 Å². The molecular formula is C20H21F3N4O3. The number of methoxy groups -OCH3 is 1. The number of pyridine rings is 1. The number of nitrogens with two attached hydrogens (primary N) is 1. The van der Waals surface area contributed by atoms with E-state index < -0.39 is 23.8 Å². The van der Waals surface area contributed by atoms with Crippen molar-refractivity contribution in [3.8, 4) is 17.2 Å². The standard InChI is InChI=1S/C20H21F3N4O3/c1-9(2)25-18(28)16-17(10(3)24)30-19(27-16)12-5-7-13(29-4)15-11(12)6-8-14(26-15)20(21,22)23/h5-10H,24H2,1-4H3,(H,25,28)/t10-/m0/s1. The number of alkyl halides is 3. The number of rotatable bonds is 5. The van der Waals surface area contributed by atoms with Crippen LogP contribution < -0.4 is 15.8 Å². The third-order valence-corrected chi connectivity index (χ3v) is 4.26. The minimum absolute atomic E-state index is 0.00134. The average molecular weight is 422 g/mol. The summed E-state index contributed by atoms with van der Waals surface area (Å²) in [6, 6.07) is 4.43. The van der Waals surface area contributed by atoms with E-state index in [-0.39, 0.29) is 34.7 Å². The van der Waals surface area contributed by atoms with Crippen molar-refractivity contribution in [2.24, 2.45) is 5.73 Å². The van der Waals surface area contributed by atoms with Crippen molar-refractivity contribution in [2.45, 2.75) is 39.0 Å². The zero-order valence-corrected chi connectivity index (χ0v) is 16.8. The average Bonchev–Trinajstić information content (AvgIpc) is 3.11. The lowest BCUT2D eigenvalue weighted by atomic mass is 10.1. The van der Waals surface area contributed by atoms with Gasteiger partial charge in [0, 0.05) is 17.0 Å². The van der Waals surface area contributed by atoms with Crippen LogP contribution in [0.25, 0.3) is 22.4 Å². The van der Waals surface area contributed by atoms with Gasteiger partial charge in [-0.2, -0.15) is 13.2 Å². The molecule has 0 aliphatic carbocycles. The van der Waals surface area contributed by atoms with Crippen LogP contribution in [-0.4, -0.2) is 29.0 Å². The molecule has 160 valence electrons. The molecule has 0 aliphatic rings. The highest BCUT2D eigenvalue weighted by Crippen LogP contribution is 2.37. The molecule has 0 fully saturated rings. The highest BCUT2D eigenvalue weighted by molar-refractivity contribution is 5.98. The molecule has 10 heteroatoms. The molecule has 0 bridgehead atoms. The molecule has 3 rings (SSSR count). The summed E-state index contributed by atoms with van der Waals surface area (Å²) in [7, 11) is 1.34. The van der Waals surface area contributed by atoms with Crippen molar-refractivity contribution >= 4 is 16.8 Å². The summed E-state index contributed by atoms with van der Waals surface area (Å²) in [5.41, 5.74) is 5.26. The minimum atomic E-state index is -4.61. The number of carbonyl (C=O) groups is 1. The Hall–Kier alpha value is -3.14. The van der Waals surface area contributed by atoms with E-state index in [0.29, 0.717) is 10.9 Å². The van der Waals surface area contributed by atoms with E-state index in [9.17, 15) is 18.0 Å². The van der Waals surface area contributed by atoms with Gasteiger partial charge >= 0.3 is 6.18 Å². The number of amides is 1. The molecule has 3 aromatic rings. The van der Waals surface area contributed by atoms with Crippen LogP contribution in [0.2, 0.25) is 0 Å². The Morgan fingerprint density at radius 2 is 1.87 bits per heavy atom. The van der Waals surface area contributed by atoms with Crippen LogP contribution in [0.3, 0.4) is 0 Å². The van der Waals surface area contributed by atoms with Gasteiger partial charge in [-0.1, -0.05) is 0 Å². The monoisotopic (exact) mass is 422 g/mol. The number of hydrogen-bond donors (Lipinski definition) is 2. The van der Waals surface area contributed by atoms with Gasteiger partial charge in [0.25, 0.3) is 5.91 Å². The number of nitrogens with zero attached hydrogens (tertiary/aromatic N) is 2. The Balaban J connectivity index is 2.21. The first kappa shape index (κ1) is 21.6. The van der Waals surface area contributed by atoms with Gasteiger partial charge in [-0.25, -0.2) is 9.97 Å². The van der Waals surface area contributed by atoms with Crippen molar-refractivity contribution < 1.29 is 27.1 Å². The van der Waals surface area contributed by atoms with E-state index in [1.807, 2.05) is 0 Å². The highest BCUT2D eigenvalue weighted by Gasteiger charge is 2.33. The Labute approximate surface area is 170 Å². The predicted octanol–water partition coefficient (Wildman–Crippen LogP) is 4.08. The lowest BCUT2D eigenvalue weighted by Crippen LogP contribution is -2.31. The lowest BCUT2D eigenvalue weighted by Gasteiger charge is -2.11. The first-order valence-corrected chi connectivity index (χ1v) is 9.15. The summed E-state index contributed by atoms with van der Waals surface area (Å²) in [6.45, 7) is 5.23. The summed E-state index contributed by atoms with van der Waals surface area (Å²) >= 11 is 0. The smallest absolute Gasteiger partial charge is 0.433 e.